The van der Waals surface area contributed by atoms with Gasteiger partial charge in [-0.1, -0.05) is 29.3 Å². The van der Waals surface area contributed by atoms with E-state index in [9.17, 15) is 9.90 Å². The maximum atomic E-state index is 13.1. The minimum atomic E-state index is -0.268. The molecule has 0 aliphatic heterocycles. The lowest BCUT2D eigenvalue weighted by molar-refractivity contribution is 0.0947. The van der Waals surface area contributed by atoms with Gasteiger partial charge in [-0.2, -0.15) is 0 Å². The molecule has 176 valence electrons. The number of carbonyl (C=O) groups is 1. The van der Waals surface area contributed by atoms with Crippen LogP contribution in [0.3, 0.4) is 0 Å². The van der Waals surface area contributed by atoms with Gasteiger partial charge in [0.1, 0.15) is 0 Å². The highest BCUT2D eigenvalue weighted by molar-refractivity contribution is 6.42. The number of ether oxygens (including phenoxy) is 3. The van der Waals surface area contributed by atoms with E-state index in [1.165, 1.54) is 0 Å². The second-order valence-electron chi connectivity index (χ2n) is 7.10. The number of amides is 1. The average Bonchev–Trinajstić information content (AvgIpc) is 2.77. The largest absolute Gasteiger partial charge is 0.490 e. The maximum absolute atomic E-state index is 13.1. The molecule has 0 fully saturated rings. The molecule has 0 saturated heterocycles. The predicted molar refractivity (Wildman–Crippen MR) is 128 cm³/mol. The number of rotatable bonds is 12. The lowest BCUT2D eigenvalue weighted by Gasteiger charge is -2.21. The molecule has 32 heavy (non-hydrogen) atoms. The van der Waals surface area contributed by atoms with E-state index in [0.29, 0.717) is 71.2 Å². The molecule has 2 aromatic rings. The minimum absolute atomic E-state index is 0.0220. The summed E-state index contributed by atoms with van der Waals surface area (Å²) in [4.78, 5) is 13.1. The second-order valence-corrected chi connectivity index (χ2v) is 7.91. The molecule has 0 aliphatic rings. The van der Waals surface area contributed by atoms with Gasteiger partial charge in [-0.15, -0.1) is 0 Å². The molecule has 2 N–H and O–H groups in total. The first-order chi connectivity index (χ1) is 15.4. The van der Waals surface area contributed by atoms with E-state index >= 15 is 0 Å². The van der Waals surface area contributed by atoms with Gasteiger partial charge < -0.3 is 24.6 Å². The van der Waals surface area contributed by atoms with Gasteiger partial charge in [0.2, 0.25) is 5.75 Å². The maximum Gasteiger partial charge on any atom is 0.251 e. The van der Waals surface area contributed by atoms with E-state index in [2.05, 4.69) is 5.32 Å². The fraction of sp³-hybridized carbons (Fsp3) is 0.458. The fourth-order valence-electron chi connectivity index (χ4n) is 3.43. The Morgan fingerprint density at radius 2 is 1.66 bits per heavy atom. The number of halogens is 2. The summed E-state index contributed by atoms with van der Waals surface area (Å²) in [5.41, 5.74) is 2.00. The molecule has 1 atom stereocenters. The number of benzene rings is 2. The van der Waals surface area contributed by atoms with Crippen LogP contribution in [-0.2, 0) is 0 Å². The third-order valence-electron chi connectivity index (χ3n) is 4.97. The first-order valence-electron chi connectivity index (χ1n) is 10.8. The monoisotopic (exact) mass is 483 g/mol. The van der Waals surface area contributed by atoms with E-state index in [-0.39, 0.29) is 18.4 Å². The highest BCUT2D eigenvalue weighted by atomic mass is 35.5. The van der Waals surface area contributed by atoms with Crippen molar-refractivity contribution < 1.29 is 24.1 Å². The summed E-state index contributed by atoms with van der Waals surface area (Å²) >= 11 is 12.2. The van der Waals surface area contributed by atoms with Gasteiger partial charge in [-0.25, -0.2) is 0 Å². The highest BCUT2D eigenvalue weighted by Gasteiger charge is 2.23. The first kappa shape index (κ1) is 26.1. The molecule has 2 rings (SSSR count). The molecule has 0 bridgehead atoms. The summed E-state index contributed by atoms with van der Waals surface area (Å²) < 4.78 is 17.3. The summed E-state index contributed by atoms with van der Waals surface area (Å²) in [6, 6.07) is 7.01. The average molecular weight is 484 g/mol. The number of hydrogen-bond acceptors (Lipinski definition) is 5. The molecule has 0 aliphatic carbocycles. The molecule has 2 aromatic carbocycles. The van der Waals surface area contributed by atoms with Gasteiger partial charge in [-0.05, 0) is 57.9 Å². The Bertz CT molecular complexity index is 920. The Hall–Kier alpha value is -2.15. The number of carbonyl (C=O) groups excluding carboxylic acids is 1. The Balaban J connectivity index is 2.33. The van der Waals surface area contributed by atoms with E-state index in [1.807, 2.05) is 33.8 Å². The van der Waals surface area contributed by atoms with Crippen molar-refractivity contribution in [3.8, 4) is 17.2 Å². The smallest absolute Gasteiger partial charge is 0.251 e. The van der Waals surface area contributed by atoms with Crippen LogP contribution in [0, 0.1) is 6.92 Å². The second kappa shape index (κ2) is 12.8. The lowest BCUT2D eigenvalue weighted by Crippen LogP contribution is -2.29. The van der Waals surface area contributed by atoms with Gasteiger partial charge in [0, 0.05) is 30.2 Å². The molecule has 0 radical (unpaired) electrons. The molecule has 0 spiro atoms. The zero-order valence-electron chi connectivity index (χ0n) is 19.0. The van der Waals surface area contributed by atoms with Gasteiger partial charge in [0.25, 0.3) is 5.91 Å². The van der Waals surface area contributed by atoms with Crippen LogP contribution >= 0.6 is 23.2 Å². The molecule has 0 saturated carbocycles. The SMILES string of the molecule is CCOc1cc(C(=O)NCC(CCO)c2ccc(Cl)c(Cl)c2)c(C)c(OCC)c1OCC. The molecular weight excluding hydrogens is 453 g/mol. The first-order valence-corrected chi connectivity index (χ1v) is 11.5. The van der Waals surface area contributed by atoms with Crippen LogP contribution in [0.5, 0.6) is 17.2 Å². The van der Waals surface area contributed by atoms with Crippen molar-refractivity contribution in [2.24, 2.45) is 0 Å². The van der Waals surface area contributed by atoms with Crippen LogP contribution in [0.2, 0.25) is 10.0 Å². The van der Waals surface area contributed by atoms with Crippen LogP contribution in [-0.4, -0.2) is 44.0 Å². The standard InChI is InChI=1S/C24H31Cl2NO5/c1-5-30-21-13-18(15(4)22(31-6-2)23(21)32-7-3)24(29)27-14-17(10-11-28)16-8-9-19(25)20(26)12-16/h8-9,12-13,17,28H,5-7,10-11,14H2,1-4H3,(H,27,29). The molecule has 0 aromatic heterocycles. The van der Waals surface area contributed by atoms with Crippen LogP contribution in [0.25, 0.3) is 0 Å². The highest BCUT2D eigenvalue weighted by Crippen LogP contribution is 2.42. The summed E-state index contributed by atoms with van der Waals surface area (Å²) in [6.45, 7) is 9.03. The van der Waals surface area contributed by atoms with Gasteiger partial charge >= 0.3 is 0 Å². The van der Waals surface area contributed by atoms with E-state index in [4.69, 9.17) is 37.4 Å². The van der Waals surface area contributed by atoms with Crippen molar-refractivity contribution >= 4 is 29.1 Å². The summed E-state index contributed by atoms with van der Waals surface area (Å²) in [5.74, 6) is 1.07. The van der Waals surface area contributed by atoms with Crippen LogP contribution in [0.4, 0.5) is 0 Å². The summed E-state index contributed by atoms with van der Waals surface area (Å²) in [5, 5.41) is 13.4. The Morgan fingerprint density at radius 1 is 1.00 bits per heavy atom. The molecule has 0 heterocycles. The Morgan fingerprint density at radius 3 is 2.25 bits per heavy atom. The van der Waals surface area contributed by atoms with Crippen molar-refractivity contribution in [3.63, 3.8) is 0 Å². The van der Waals surface area contributed by atoms with Crippen LogP contribution < -0.4 is 19.5 Å². The van der Waals surface area contributed by atoms with Crippen LogP contribution in [0.15, 0.2) is 24.3 Å². The van der Waals surface area contributed by atoms with Gasteiger partial charge in [-0.3, -0.25) is 4.79 Å². The van der Waals surface area contributed by atoms with Crippen molar-refractivity contribution in [1.29, 1.82) is 0 Å². The topological polar surface area (TPSA) is 77.0 Å². The fourth-order valence-corrected chi connectivity index (χ4v) is 3.73. The number of nitrogens with one attached hydrogen (secondary N) is 1. The third-order valence-corrected chi connectivity index (χ3v) is 5.71. The zero-order chi connectivity index (χ0) is 23.7. The minimum Gasteiger partial charge on any atom is -0.490 e. The quantitative estimate of drug-likeness (QED) is 0.422. The van der Waals surface area contributed by atoms with Crippen molar-refractivity contribution in [3.05, 3.63) is 51.0 Å². The zero-order valence-corrected chi connectivity index (χ0v) is 20.5. The van der Waals surface area contributed by atoms with Crippen molar-refractivity contribution in [1.82, 2.24) is 5.32 Å². The molecule has 1 amide bonds. The Labute approximate surface area is 199 Å². The summed E-state index contributed by atoms with van der Waals surface area (Å²) in [6.07, 6.45) is 0.467. The summed E-state index contributed by atoms with van der Waals surface area (Å²) in [7, 11) is 0. The number of hydrogen-bond donors (Lipinski definition) is 2. The van der Waals surface area contributed by atoms with E-state index in [1.54, 1.807) is 18.2 Å². The van der Waals surface area contributed by atoms with E-state index < -0.39 is 0 Å². The van der Waals surface area contributed by atoms with E-state index in [0.717, 1.165) is 5.56 Å². The predicted octanol–water partition coefficient (Wildman–Crippen LogP) is 5.39. The van der Waals surface area contributed by atoms with Gasteiger partial charge in [0.05, 0.1) is 29.9 Å². The number of aliphatic hydroxyl groups is 1. The molecule has 6 nitrogen and oxygen atoms in total. The van der Waals surface area contributed by atoms with Crippen LogP contribution in [0.1, 0.15) is 54.6 Å². The molecule has 8 heteroatoms. The van der Waals surface area contributed by atoms with Crippen molar-refractivity contribution in [2.75, 3.05) is 33.0 Å². The third kappa shape index (κ3) is 6.44. The number of aliphatic hydroxyl groups excluding tert-OH is 1. The molecular formula is C24H31Cl2NO5. The Kier molecular flexibility index (Phi) is 10.4. The van der Waals surface area contributed by atoms with Crippen molar-refractivity contribution in [2.45, 2.75) is 40.0 Å². The lowest BCUT2D eigenvalue weighted by atomic mass is 9.95. The van der Waals surface area contributed by atoms with Gasteiger partial charge in [0.15, 0.2) is 11.5 Å². The molecule has 1 unspecified atom stereocenters. The normalized spacial score (nSPS) is 11.7.